The number of carbonyl (C=O) groups excluding carboxylic acids is 2. The van der Waals surface area contributed by atoms with Gasteiger partial charge in [-0.05, 0) is 50.2 Å². The number of amides is 1. The maximum absolute atomic E-state index is 13.6. The van der Waals surface area contributed by atoms with E-state index in [4.69, 9.17) is 30.3 Å². The van der Waals surface area contributed by atoms with Gasteiger partial charge in [0, 0.05) is 10.6 Å². The van der Waals surface area contributed by atoms with E-state index in [2.05, 4.69) is 10.5 Å². The maximum Gasteiger partial charge on any atom is 0.418 e. The molecule has 0 saturated heterocycles. The average Bonchev–Trinajstić information content (AvgIpc) is 3.27. The molecule has 214 valence electrons. The first-order valence-electron chi connectivity index (χ1n) is 12.1. The average molecular weight is 589 g/mol. The minimum Gasteiger partial charge on any atom is -0.493 e. The summed E-state index contributed by atoms with van der Waals surface area (Å²) in [4.78, 5) is 26.4. The van der Waals surface area contributed by atoms with E-state index in [9.17, 15) is 22.8 Å². The molecule has 4 rings (SSSR count). The molecular weight excluding hydrogens is 565 g/mol. The van der Waals surface area contributed by atoms with Crippen LogP contribution in [0, 0.1) is 13.8 Å². The number of aryl methyl sites for hydroxylation is 2. The van der Waals surface area contributed by atoms with E-state index in [1.54, 1.807) is 32.0 Å². The number of aromatic nitrogens is 1. The van der Waals surface area contributed by atoms with Crippen LogP contribution in [0.1, 0.15) is 44.6 Å². The third-order valence-electron chi connectivity index (χ3n) is 6.06. The Hall–Kier alpha value is -4.51. The van der Waals surface area contributed by atoms with Gasteiger partial charge in [0.15, 0.2) is 11.5 Å². The van der Waals surface area contributed by atoms with Gasteiger partial charge in [-0.15, -0.1) is 0 Å². The van der Waals surface area contributed by atoms with Crippen LogP contribution in [0.4, 0.5) is 18.9 Å². The molecule has 0 aliphatic carbocycles. The molecule has 1 amide bonds. The molecule has 0 fully saturated rings. The number of hydrogen-bond acceptors (Lipinski definition) is 7. The molecule has 12 heteroatoms. The summed E-state index contributed by atoms with van der Waals surface area (Å²) in [6.45, 7) is 3.68. The summed E-state index contributed by atoms with van der Waals surface area (Å²) in [7, 11) is 1.39. The van der Waals surface area contributed by atoms with Gasteiger partial charge < -0.3 is 24.1 Å². The van der Waals surface area contributed by atoms with Crippen LogP contribution in [0.3, 0.4) is 0 Å². The number of methoxy groups -OCH3 is 1. The van der Waals surface area contributed by atoms with Gasteiger partial charge in [0.1, 0.15) is 12.4 Å². The zero-order valence-corrected chi connectivity index (χ0v) is 22.8. The molecule has 1 unspecified atom stereocenters. The molecule has 8 nitrogen and oxygen atoms in total. The molecule has 0 saturated carbocycles. The van der Waals surface area contributed by atoms with Crippen molar-refractivity contribution in [2.75, 3.05) is 12.4 Å². The summed E-state index contributed by atoms with van der Waals surface area (Å²) in [6, 6.07) is 15.1. The van der Waals surface area contributed by atoms with Crippen LogP contribution in [0.2, 0.25) is 5.02 Å². The number of hydrogen-bond donors (Lipinski definition) is 1. The first-order valence-corrected chi connectivity index (χ1v) is 12.5. The third-order valence-corrected chi connectivity index (χ3v) is 6.30. The van der Waals surface area contributed by atoms with E-state index in [1.807, 2.05) is 0 Å². The van der Waals surface area contributed by atoms with Gasteiger partial charge in [0.2, 0.25) is 6.10 Å². The monoisotopic (exact) mass is 588 g/mol. The van der Waals surface area contributed by atoms with Crippen molar-refractivity contribution < 1.29 is 41.5 Å². The second-order valence-corrected chi connectivity index (χ2v) is 9.27. The second kappa shape index (κ2) is 12.3. The largest absolute Gasteiger partial charge is 0.493 e. The van der Waals surface area contributed by atoms with Crippen LogP contribution in [0.15, 0.2) is 71.3 Å². The molecule has 3 aromatic carbocycles. The zero-order valence-electron chi connectivity index (χ0n) is 22.0. The number of nitrogens with zero attached hydrogens (tertiary/aromatic N) is 1. The predicted octanol–water partition coefficient (Wildman–Crippen LogP) is 7.09. The molecule has 1 aromatic heterocycles. The summed E-state index contributed by atoms with van der Waals surface area (Å²) in [6.07, 6.45) is -6.37. The van der Waals surface area contributed by atoms with Gasteiger partial charge >= 0.3 is 12.1 Å². The Balaban J connectivity index is 1.57. The van der Waals surface area contributed by atoms with Crippen molar-refractivity contribution in [2.45, 2.75) is 32.7 Å². The van der Waals surface area contributed by atoms with E-state index in [1.165, 1.54) is 43.5 Å². The lowest BCUT2D eigenvalue weighted by Crippen LogP contribution is -2.27. The predicted molar refractivity (Wildman–Crippen MR) is 143 cm³/mol. The van der Waals surface area contributed by atoms with Crippen molar-refractivity contribution in [2.24, 2.45) is 0 Å². The molecule has 1 heterocycles. The Morgan fingerprint density at radius 1 is 1.02 bits per heavy atom. The van der Waals surface area contributed by atoms with Crippen LogP contribution in [0.5, 0.6) is 11.5 Å². The number of nitrogens with one attached hydrogen (secondary N) is 1. The quantitative estimate of drug-likeness (QED) is 0.208. The van der Waals surface area contributed by atoms with Crippen molar-refractivity contribution in [1.82, 2.24) is 5.16 Å². The molecule has 41 heavy (non-hydrogen) atoms. The summed E-state index contributed by atoms with van der Waals surface area (Å²) in [5.41, 5.74) is 0.0169. The van der Waals surface area contributed by atoms with Crippen LogP contribution in [-0.4, -0.2) is 24.1 Å². The Kier molecular flexibility index (Phi) is 8.87. The SMILES string of the molecule is COc1cc(C(=O)OC(C(=O)Nc2ccc(Cl)cc2C(F)(F)F)c2ccccc2)ccc1OCc1c(C)noc1C. The lowest BCUT2D eigenvalue weighted by Gasteiger charge is -2.20. The fraction of sp³-hybridized carbons (Fsp3) is 0.207. The minimum absolute atomic E-state index is 0.0164. The summed E-state index contributed by atoms with van der Waals surface area (Å²) in [5, 5.41) is 5.94. The first kappa shape index (κ1) is 29.5. The van der Waals surface area contributed by atoms with Crippen LogP contribution >= 0.6 is 11.6 Å². The highest BCUT2D eigenvalue weighted by molar-refractivity contribution is 6.30. The van der Waals surface area contributed by atoms with E-state index in [0.29, 0.717) is 23.3 Å². The topological polar surface area (TPSA) is 99.9 Å². The first-order chi connectivity index (χ1) is 19.5. The molecule has 0 radical (unpaired) electrons. The molecular formula is C29H24ClF3N2O6. The van der Waals surface area contributed by atoms with Crippen LogP contribution < -0.4 is 14.8 Å². The summed E-state index contributed by atoms with van der Waals surface area (Å²) < 4.78 is 62.6. The zero-order chi connectivity index (χ0) is 29.7. The van der Waals surface area contributed by atoms with Gasteiger partial charge in [-0.1, -0.05) is 47.1 Å². The van der Waals surface area contributed by atoms with Gasteiger partial charge in [0.25, 0.3) is 5.91 Å². The summed E-state index contributed by atoms with van der Waals surface area (Å²) in [5.74, 6) is -0.778. The van der Waals surface area contributed by atoms with Gasteiger partial charge in [0.05, 0.1) is 35.2 Å². The number of esters is 1. The van der Waals surface area contributed by atoms with Crippen molar-refractivity contribution >= 4 is 29.2 Å². The number of ether oxygens (including phenoxy) is 3. The molecule has 4 aromatic rings. The number of anilines is 1. The summed E-state index contributed by atoms with van der Waals surface area (Å²) >= 11 is 5.74. The number of rotatable bonds is 9. The van der Waals surface area contributed by atoms with Crippen molar-refractivity contribution in [1.29, 1.82) is 0 Å². The number of benzene rings is 3. The number of halogens is 4. The lowest BCUT2D eigenvalue weighted by molar-refractivity contribution is -0.137. The maximum atomic E-state index is 13.6. The Morgan fingerprint density at radius 3 is 2.39 bits per heavy atom. The standard InChI is InChI=1S/C29H24ClF3N2O6/c1-16-21(17(2)41-35-16)15-39-24-12-9-19(13-25(24)38-3)28(37)40-26(18-7-5-4-6-8-18)27(36)34-23-11-10-20(30)14-22(23)29(31,32)33/h4-14,26H,15H2,1-3H3,(H,34,36). The molecule has 0 bridgehead atoms. The molecule has 1 atom stereocenters. The molecule has 1 N–H and O–H groups in total. The molecule has 0 aliphatic rings. The third kappa shape index (κ3) is 6.98. The van der Waals surface area contributed by atoms with Crippen molar-refractivity contribution in [3.8, 4) is 11.5 Å². The Labute approximate surface area is 238 Å². The molecule has 0 aliphatic heterocycles. The van der Waals surface area contributed by atoms with Gasteiger partial charge in [-0.25, -0.2) is 4.79 Å². The lowest BCUT2D eigenvalue weighted by atomic mass is 10.1. The highest BCUT2D eigenvalue weighted by Crippen LogP contribution is 2.37. The van der Waals surface area contributed by atoms with Crippen LogP contribution in [0.25, 0.3) is 0 Å². The van der Waals surface area contributed by atoms with Gasteiger partial charge in [-0.2, -0.15) is 13.2 Å². The van der Waals surface area contributed by atoms with E-state index in [0.717, 1.165) is 11.6 Å². The second-order valence-electron chi connectivity index (χ2n) is 8.83. The Morgan fingerprint density at radius 2 is 1.76 bits per heavy atom. The number of alkyl halides is 3. The fourth-order valence-electron chi connectivity index (χ4n) is 3.91. The van der Waals surface area contributed by atoms with Gasteiger partial charge in [-0.3, -0.25) is 4.79 Å². The van der Waals surface area contributed by atoms with Crippen LogP contribution in [-0.2, 0) is 22.3 Å². The Bertz CT molecular complexity index is 1540. The minimum atomic E-state index is -4.79. The molecule has 0 spiro atoms. The highest BCUT2D eigenvalue weighted by Gasteiger charge is 2.35. The van der Waals surface area contributed by atoms with E-state index in [-0.39, 0.29) is 28.5 Å². The van der Waals surface area contributed by atoms with E-state index < -0.39 is 35.4 Å². The number of carbonyl (C=O) groups is 2. The van der Waals surface area contributed by atoms with E-state index >= 15 is 0 Å². The smallest absolute Gasteiger partial charge is 0.418 e. The van der Waals surface area contributed by atoms with Crippen molar-refractivity contribution in [3.63, 3.8) is 0 Å². The highest BCUT2D eigenvalue weighted by atomic mass is 35.5. The van der Waals surface area contributed by atoms with Crippen molar-refractivity contribution in [3.05, 3.63) is 105 Å². The normalized spacial score (nSPS) is 12.0. The fourth-order valence-corrected chi connectivity index (χ4v) is 4.08.